The average molecular weight is 266 g/mol. The van der Waals surface area contributed by atoms with E-state index in [1.54, 1.807) is 0 Å². The maximum absolute atomic E-state index is 12.1. The Labute approximate surface area is 96.1 Å². The molecule has 3 nitrogen and oxygen atoms in total. The van der Waals surface area contributed by atoms with Crippen molar-refractivity contribution in [2.75, 3.05) is 12.4 Å². The van der Waals surface area contributed by atoms with Crippen LogP contribution in [0.5, 0.6) is 0 Å². The molecule has 1 heterocycles. The molecule has 94 valence electrons. The van der Waals surface area contributed by atoms with E-state index in [0.717, 1.165) is 5.56 Å². The Balaban J connectivity index is 2.21. The van der Waals surface area contributed by atoms with E-state index in [0.29, 0.717) is 6.61 Å². The molecule has 1 aliphatic rings. The zero-order chi connectivity index (χ0) is 12.7. The SMILES string of the molecule is O=S(=O)(CC(F)(F)F)c1ccc([C@@H]2CO2)cc1. The smallest absolute Gasteiger partial charge is 0.368 e. The summed E-state index contributed by atoms with van der Waals surface area (Å²) in [6, 6.07) is 5.30. The molecule has 0 amide bonds. The second kappa shape index (κ2) is 3.99. The zero-order valence-corrected chi connectivity index (χ0v) is 9.38. The molecule has 2 rings (SSSR count). The lowest BCUT2D eigenvalue weighted by atomic mass is 10.2. The monoisotopic (exact) mass is 266 g/mol. The minimum atomic E-state index is -4.73. The Morgan fingerprint density at radius 3 is 2.18 bits per heavy atom. The van der Waals surface area contributed by atoms with Gasteiger partial charge in [0, 0.05) is 0 Å². The van der Waals surface area contributed by atoms with E-state index in [1.807, 2.05) is 0 Å². The van der Waals surface area contributed by atoms with E-state index in [4.69, 9.17) is 4.74 Å². The minimum Gasteiger partial charge on any atom is -0.368 e. The van der Waals surface area contributed by atoms with E-state index in [2.05, 4.69) is 0 Å². The molecule has 0 N–H and O–H groups in total. The van der Waals surface area contributed by atoms with Gasteiger partial charge >= 0.3 is 6.18 Å². The van der Waals surface area contributed by atoms with Crippen molar-refractivity contribution in [3.63, 3.8) is 0 Å². The molecule has 0 aromatic heterocycles. The summed E-state index contributed by atoms with van der Waals surface area (Å²) in [7, 11) is -4.31. The molecule has 1 saturated heterocycles. The predicted octanol–water partition coefficient (Wildman–Crippen LogP) is 2.09. The third kappa shape index (κ3) is 3.19. The normalized spacial score (nSPS) is 20.3. The number of epoxide rings is 1. The van der Waals surface area contributed by atoms with Gasteiger partial charge in [-0.3, -0.25) is 0 Å². The van der Waals surface area contributed by atoms with Crippen LogP contribution >= 0.6 is 0 Å². The highest BCUT2D eigenvalue weighted by atomic mass is 32.2. The molecule has 17 heavy (non-hydrogen) atoms. The highest BCUT2D eigenvalue weighted by Crippen LogP contribution is 2.30. The topological polar surface area (TPSA) is 46.7 Å². The van der Waals surface area contributed by atoms with E-state index in [9.17, 15) is 21.6 Å². The van der Waals surface area contributed by atoms with Gasteiger partial charge in [0.2, 0.25) is 0 Å². The number of hydrogen-bond acceptors (Lipinski definition) is 3. The van der Waals surface area contributed by atoms with Crippen molar-refractivity contribution in [2.24, 2.45) is 0 Å². The van der Waals surface area contributed by atoms with Gasteiger partial charge in [-0.25, -0.2) is 8.42 Å². The highest BCUT2D eigenvalue weighted by Gasteiger charge is 2.36. The fraction of sp³-hybridized carbons (Fsp3) is 0.400. The number of rotatable bonds is 3. The lowest BCUT2D eigenvalue weighted by Gasteiger charge is -2.08. The lowest BCUT2D eigenvalue weighted by molar-refractivity contribution is -0.106. The molecular formula is C10H9F3O3S. The first kappa shape index (κ1) is 12.4. The fourth-order valence-corrected chi connectivity index (χ4v) is 2.58. The van der Waals surface area contributed by atoms with Gasteiger partial charge < -0.3 is 4.74 Å². The van der Waals surface area contributed by atoms with Gasteiger partial charge in [-0.1, -0.05) is 12.1 Å². The second-order valence-corrected chi connectivity index (χ2v) is 5.75. The van der Waals surface area contributed by atoms with E-state index in [1.165, 1.54) is 24.3 Å². The standard InChI is InChI=1S/C10H9F3O3S/c11-10(12,13)6-17(14,15)8-3-1-7(2-4-8)9-5-16-9/h1-4,9H,5-6H2/t9-/m0/s1. The van der Waals surface area contributed by atoms with Crippen LogP contribution in [0.2, 0.25) is 0 Å². The quantitative estimate of drug-likeness (QED) is 0.787. The molecule has 1 aromatic carbocycles. The van der Waals surface area contributed by atoms with Gasteiger partial charge in [0.1, 0.15) is 6.10 Å². The number of benzene rings is 1. The number of sulfone groups is 1. The molecule has 1 aromatic rings. The second-order valence-electron chi connectivity index (χ2n) is 3.77. The average Bonchev–Trinajstić information content (AvgIpc) is 2.97. The lowest BCUT2D eigenvalue weighted by Crippen LogP contribution is -2.22. The molecule has 0 radical (unpaired) electrons. The zero-order valence-electron chi connectivity index (χ0n) is 8.57. The molecule has 0 saturated carbocycles. The van der Waals surface area contributed by atoms with Gasteiger partial charge in [0.05, 0.1) is 11.5 Å². The van der Waals surface area contributed by atoms with Gasteiger partial charge in [-0.2, -0.15) is 13.2 Å². The first-order valence-corrected chi connectivity index (χ1v) is 6.44. The maximum Gasteiger partial charge on any atom is 0.403 e. The summed E-state index contributed by atoms with van der Waals surface area (Å²) in [5.41, 5.74) is 0.774. The molecule has 0 spiro atoms. The molecule has 7 heteroatoms. The third-order valence-electron chi connectivity index (χ3n) is 2.30. The number of hydrogen-bond donors (Lipinski definition) is 0. The van der Waals surface area contributed by atoms with Crippen molar-refractivity contribution in [1.82, 2.24) is 0 Å². The summed E-state index contributed by atoms with van der Waals surface area (Å²) in [6.07, 6.45) is -4.77. The fourth-order valence-electron chi connectivity index (χ4n) is 1.43. The van der Waals surface area contributed by atoms with Gasteiger partial charge in [-0.15, -0.1) is 0 Å². The Morgan fingerprint density at radius 2 is 1.76 bits per heavy atom. The van der Waals surface area contributed by atoms with Crippen LogP contribution in [0.4, 0.5) is 13.2 Å². The summed E-state index contributed by atoms with van der Waals surface area (Å²) in [6.45, 7) is 0.564. The van der Waals surface area contributed by atoms with Crippen LogP contribution in [0, 0.1) is 0 Å². The van der Waals surface area contributed by atoms with Crippen molar-refractivity contribution in [2.45, 2.75) is 17.2 Å². The van der Waals surface area contributed by atoms with Crippen molar-refractivity contribution >= 4 is 9.84 Å². The summed E-state index contributed by atoms with van der Waals surface area (Å²) in [5.74, 6) is -1.83. The summed E-state index contributed by atoms with van der Waals surface area (Å²) >= 11 is 0. The van der Waals surface area contributed by atoms with Gasteiger partial charge in [-0.05, 0) is 17.7 Å². The van der Waals surface area contributed by atoms with Crippen LogP contribution in [-0.2, 0) is 14.6 Å². The van der Waals surface area contributed by atoms with Crippen molar-refractivity contribution in [3.05, 3.63) is 29.8 Å². The Hall–Kier alpha value is -1.08. The summed E-state index contributed by atoms with van der Waals surface area (Å²) < 4.78 is 63.9. The molecular weight excluding hydrogens is 257 g/mol. The highest BCUT2D eigenvalue weighted by molar-refractivity contribution is 7.91. The molecule has 0 bridgehead atoms. The Morgan fingerprint density at radius 1 is 1.24 bits per heavy atom. The number of alkyl halides is 3. The van der Waals surface area contributed by atoms with E-state index < -0.39 is 21.8 Å². The maximum atomic E-state index is 12.1. The number of halogens is 3. The number of ether oxygens (including phenoxy) is 1. The predicted molar refractivity (Wildman–Crippen MR) is 53.2 cm³/mol. The van der Waals surface area contributed by atoms with Crippen LogP contribution in [0.3, 0.4) is 0 Å². The van der Waals surface area contributed by atoms with Crippen molar-refractivity contribution in [1.29, 1.82) is 0 Å². The third-order valence-corrected chi connectivity index (χ3v) is 4.00. The Bertz CT molecular complexity index is 501. The first-order chi connectivity index (χ1) is 7.78. The van der Waals surface area contributed by atoms with Gasteiger partial charge in [0.25, 0.3) is 0 Å². The molecule has 1 aliphatic heterocycles. The van der Waals surface area contributed by atoms with Crippen LogP contribution in [0.1, 0.15) is 11.7 Å². The van der Waals surface area contributed by atoms with Crippen LogP contribution in [0.25, 0.3) is 0 Å². The molecule has 1 atom stereocenters. The minimum absolute atomic E-state index is 0.0469. The summed E-state index contributed by atoms with van der Waals surface area (Å²) in [4.78, 5) is -0.320. The van der Waals surface area contributed by atoms with E-state index >= 15 is 0 Å². The van der Waals surface area contributed by atoms with Crippen LogP contribution in [0.15, 0.2) is 29.2 Å². The summed E-state index contributed by atoms with van der Waals surface area (Å²) in [5, 5.41) is 0. The van der Waals surface area contributed by atoms with Crippen molar-refractivity contribution < 1.29 is 26.3 Å². The largest absolute Gasteiger partial charge is 0.403 e. The first-order valence-electron chi connectivity index (χ1n) is 4.79. The van der Waals surface area contributed by atoms with Crippen LogP contribution in [-0.4, -0.2) is 27.0 Å². The van der Waals surface area contributed by atoms with Crippen molar-refractivity contribution in [3.8, 4) is 0 Å². The Kier molecular flexibility index (Phi) is 2.90. The van der Waals surface area contributed by atoms with Crippen LogP contribution < -0.4 is 0 Å². The molecule has 1 fully saturated rings. The molecule has 0 aliphatic carbocycles. The van der Waals surface area contributed by atoms with Gasteiger partial charge in [0.15, 0.2) is 15.6 Å². The van der Waals surface area contributed by atoms with E-state index in [-0.39, 0.29) is 11.0 Å². The molecule has 0 unspecified atom stereocenters.